The number of H-pyrrole nitrogens is 1. The molecule has 0 aliphatic heterocycles. The molecular weight excluding hydrogens is 236 g/mol. The van der Waals surface area contributed by atoms with E-state index >= 15 is 0 Å². The van der Waals surface area contributed by atoms with Gasteiger partial charge in [0, 0.05) is 29.2 Å². The van der Waals surface area contributed by atoms with E-state index in [2.05, 4.69) is 10.3 Å². The summed E-state index contributed by atoms with van der Waals surface area (Å²) in [5.74, 6) is 0.954. The van der Waals surface area contributed by atoms with Crippen molar-refractivity contribution in [3.05, 3.63) is 36.0 Å². The van der Waals surface area contributed by atoms with Crippen molar-refractivity contribution in [3.8, 4) is 0 Å². The van der Waals surface area contributed by atoms with Crippen molar-refractivity contribution in [2.45, 2.75) is 25.7 Å². The average molecular weight is 254 g/mol. The van der Waals surface area contributed by atoms with Crippen molar-refractivity contribution >= 4 is 16.8 Å². The molecule has 2 aliphatic rings. The molecule has 2 fully saturated rings. The number of amides is 1. The molecule has 2 aromatic rings. The normalized spacial score (nSPS) is 20.4. The third-order valence-electron chi connectivity index (χ3n) is 4.75. The fraction of sp³-hybridized carbons (Fsp3) is 0.438. The van der Waals surface area contributed by atoms with Gasteiger partial charge in [-0.3, -0.25) is 4.79 Å². The third kappa shape index (κ3) is 1.93. The van der Waals surface area contributed by atoms with Crippen molar-refractivity contribution in [1.29, 1.82) is 0 Å². The van der Waals surface area contributed by atoms with Crippen molar-refractivity contribution in [1.82, 2.24) is 10.3 Å². The smallest absolute Gasteiger partial charge is 0.251 e. The van der Waals surface area contributed by atoms with Gasteiger partial charge in [-0.05, 0) is 61.3 Å². The molecule has 1 heterocycles. The summed E-state index contributed by atoms with van der Waals surface area (Å²) in [6, 6.07) is 7.82. The number of hydrogen-bond donors (Lipinski definition) is 2. The molecule has 98 valence electrons. The summed E-state index contributed by atoms with van der Waals surface area (Å²) in [6.45, 7) is 0.863. The molecule has 3 nitrogen and oxygen atoms in total. The van der Waals surface area contributed by atoms with E-state index in [1.54, 1.807) is 0 Å². The zero-order valence-corrected chi connectivity index (χ0v) is 10.9. The highest BCUT2D eigenvalue weighted by atomic mass is 16.1. The molecule has 1 aromatic heterocycles. The summed E-state index contributed by atoms with van der Waals surface area (Å²) in [6.07, 6.45) is 7.23. The molecular formula is C16H18N2O. The van der Waals surface area contributed by atoms with Crippen LogP contribution in [-0.2, 0) is 0 Å². The largest absolute Gasteiger partial charge is 0.361 e. The number of carbonyl (C=O) groups excluding carboxylic acids is 1. The predicted molar refractivity (Wildman–Crippen MR) is 75.0 cm³/mol. The minimum Gasteiger partial charge on any atom is -0.361 e. The van der Waals surface area contributed by atoms with Crippen LogP contribution in [0.15, 0.2) is 30.5 Å². The average Bonchev–Trinajstić information content (AvgIpc) is 3.32. The number of fused-ring (bicyclic) bond motifs is 1. The lowest BCUT2D eigenvalue weighted by molar-refractivity contribution is 0.0943. The maximum Gasteiger partial charge on any atom is 0.251 e. The van der Waals surface area contributed by atoms with E-state index in [9.17, 15) is 4.79 Å². The van der Waals surface area contributed by atoms with E-state index in [-0.39, 0.29) is 5.91 Å². The Morgan fingerprint density at radius 1 is 1.32 bits per heavy atom. The number of hydrogen-bond acceptors (Lipinski definition) is 1. The van der Waals surface area contributed by atoms with Gasteiger partial charge in [0.1, 0.15) is 0 Å². The van der Waals surface area contributed by atoms with Crippen LogP contribution in [0.4, 0.5) is 0 Å². The van der Waals surface area contributed by atoms with E-state index in [4.69, 9.17) is 0 Å². The highest BCUT2D eigenvalue weighted by Crippen LogP contribution is 2.60. The van der Waals surface area contributed by atoms with Crippen LogP contribution in [0.5, 0.6) is 0 Å². The predicted octanol–water partition coefficient (Wildman–Crippen LogP) is 3.09. The highest BCUT2D eigenvalue weighted by molar-refractivity contribution is 5.98. The van der Waals surface area contributed by atoms with E-state index in [0.717, 1.165) is 28.9 Å². The van der Waals surface area contributed by atoms with E-state index in [0.29, 0.717) is 5.41 Å². The zero-order valence-electron chi connectivity index (χ0n) is 10.9. The summed E-state index contributed by atoms with van der Waals surface area (Å²) < 4.78 is 0. The molecule has 0 spiro atoms. The maximum atomic E-state index is 12.2. The molecule has 2 aliphatic carbocycles. The maximum absolute atomic E-state index is 12.2. The van der Waals surface area contributed by atoms with Crippen molar-refractivity contribution < 1.29 is 4.79 Å². The second-order valence-electron chi connectivity index (χ2n) is 6.10. The number of carbonyl (C=O) groups is 1. The van der Waals surface area contributed by atoms with Crippen LogP contribution in [0.1, 0.15) is 36.0 Å². The molecule has 1 amide bonds. The Hall–Kier alpha value is -1.77. The van der Waals surface area contributed by atoms with Gasteiger partial charge in [-0.15, -0.1) is 0 Å². The SMILES string of the molecule is O=C(NCC1(C2CC2)CC1)c1ccc2[nH]ccc2c1. The number of aromatic amines is 1. The Labute approximate surface area is 112 Å². The van der Waals surface area contributed by atoms with Crippen LogP contribution in [0.3, 0.4) is 0 Å². The topological polar surface area (TPSA) is 44.9 Å². The molecule has 3 heteroatoms. The highest BCUT2D eigenvalue weighted by Gasteiger charge is 2.53. The summed E-state index contributed by atoms with van der Waals surface area (Å²) >= 11 is 0. The van der Waals surface area contributed by atoms with Gasteiger partial charge < -0.3 is 10.3 Å². The number of rotatable bonds is 4. The van der Waals surface area contributed by atoms with Gasteiger partial charge in [-0.2, -0.15) is 0 Å². The van der Waals surface area contributed by atoms with Crippen molar-refractivity contribution in [3.63, 3.8) is 0 Å². The summed E-state index contributed by atoms with van der Waals surface area (Å²) in [5.41, 5.74) is 2.31. The molecule has 2 saturated carbocycles. The van der Waals surface area contributed by atoms with Crippen LogP contribution in [0.2, 0.25) is 0 Å². The lowest BCUT2D eigenvalue weighted by atomic mass is 10.0. The molecule has 0 bridgehead atoms. The van der Waals surface area contributed by atoms with E-state index in [1.807, 2.05) is 30.5 Å². The first kappa shape index (κ1) is 11.1. The minimum absolute atomic E-state index is 0.0648. The van der Waals surface area contributed by atoms with Gasteiger partial charge >= 0.3 is 0 Å². The Morgan fingerprint density at radius 3 is 2.89 bits per heavy atom. The van der Waals surface area contributed by atoms with E-state index < -0.39 is 0 Å². The lowest BCUT2D eigenvalue weighted by Gasteiger charge is -2.15. The van der Waals surface area contributed by atoms with Crippen LogP contribution >= 0.6 is 0 Å². The van der Waals surface area contributed by atoms with Gasteiger partial charge in [-0.1, -0.05) is 0 Å². The van der Waals surface area contributed by atoms with Gasteiger partial charge in [0.15, 0.2) is 0 Å². The molecule has 1 aromatic carbocycles. The molecule has 4 rings (SSSR count). The molecule has 19 heavy (non-hydrogen) atoms. The lowest BCUT2D eigenvalue weighted by Crippen LogP contribution is -2.31. The Morgan fingerprint density at radius 2 is 2.16 bits per heavy atom. The molecule has 0 radical (unpaired) electrons. The Bertz CT molecular complexity index is 635. The third-order valence-corrected chi connectivity index (χ3v) is 4.75. The number of aromatic nitrogens is 1. The van der Waals surface area contributed by atoms with Crippen LogP contribution in [0, 0.1) is 11.3 Å². The first-order valence-corrected chi connectivity index (χ1v) is 7.12. The molecule has 2 N–H and O–H groups in total. The summed E-state index contributed by atoms with van der Waals surface area (Å²) in [5, 5.41) is 4.22. The minimum atomic E-state index is 0.0648. The van der Waals surface area contributed by atoms with Crippen LogP contribution < -0.4 is 5.32 Å². The van der Waals surface area contributed by atoms with E-state index in [1.165, 1.54) is 25.7 Å². The Kier molecular flexibility index (Phi) is 2.25. The molecule has 0 unspecified atom stereocenters. The second-order valence-corrected chi connectivity index (χ2v) is 6.10. The van der Waals surface area contributed by atoms with Gasteiger partial charge in [0.25, 0.3) is 5.91 Å². The first-order chi connectivity index (χ1) is 9.27. The quantitative estimate of drug-likeness (QED) is 0.865. The molecule has 0 atom stereocenters. The van der Waals surface area contributed by atoms with Gasteiger partial charge in [0.05, 0.1) is 0 Å². The van der Waals surface area contributed by atoms with Gasteiger partial charge in [0.2, 0.25) is 0 Å². The van der Waals surface area contributed by atoms with Crippen LogP contribution in [-0.4, -0.2) is 17.4 Å². The number of nitrogens with one attached hydrogen (secondary N) is 2. The van der Waals surface area contributed by atoms with Crippen LogP contribution in [0.25, 0.3) is 10.9 Å². The summed E-state index contributed by atoms with van der Waals surface area (Å²) in [7, 11) is 0. The standard InChI is InChI=1S/C16H18N2O/c19-15(18-10-16(6-7-16)13-2-3-13)12-1-4-14-11(9-12)5-8-17-14/h1,4-5,8-9,13,17H,2-3,6-7,10H2,(H,18,19). The number of benzene rings is 1. The monoisotopic (exact) mass is 254 g/mol. The zero-order chi connectivity index (χ0) is 12.9. The second kappa shape index (κ2) is 3.86. The first-order valence-electron chi connectivity index (χ1n) is 7.12. The fourth-order valence-corrected chi connectivity index (χ4v) is 3.14. The Balaban J connectivity index is 1.47. The van der Waals surface area contributed by atoms with Gasteiger partial charge in [-0.25, -0.2) is 0 Å². The molecule has 0 saturated heterocycles. The summed E-state index contributed by atoms with van der Waals surface area (Å²) in [4.78, 5) is 15.3. The van der Waals surface area contributed by atoms with Crippen molar-refractivity contribution in [2.75, 3.05) is 6.54 Å². The fourth-order valence-electron chi connectivity index (χ4n) is 3.14. The van der Waals surface area contributed by atoms with Crippen molar-refractivity contribution in [2.24, 2.45) is 11.3 Å².